The maximum atomic E-state index is 2.40. The Morgan fingerprint density at radius 1 is 0.727 bits per heavy atom. The highest BCUT2D eigenvalue weighted by atomic mass is 15.1. The van der Waals surface area contributed by atoms with E-state index in [0.717, 1.165) is 5.92 Å². The molecule has 1 aliphatic heterocycles. The molecule has 1 heterocycles. The van der Waals surface area contributed by atoms with Crippen molar-refractivity contribution >= 4 is 0 Å². The zero-order valence-electron chi connectivity index (χ0n) is 17.1. The van der Waals surface area contributed by atoms with Crippen molar-refractivity contribution in [2.45, 2.75) is 82.2 Å². The molecule has 130 valence electrons. The molecule has 1 nitrogen and oxygen atoms in total. The van der Waals surface area contributed by atoms with E-state index in [4.69, 9.17) is 0 Å². The standard InChI is InChI=1S/C15H25N.C4H10.C2H6/c1-11(2)14-9-7-8-10-16(13(5)6)15(14)12(3)4;1-4(2)3;1-2/h7-13H,1-6H3;4H,1-3H3;1-2H3. The fourth-order valence-corrected chi connectivity index (χ4v) is 2.19. The molecule has 0 unspecified atom stereocenters. The van der Waals surface area contributed by atoms with Gasteiger partial charge in [-0.2, -0.15) is 0 Å². The normalized spacial score (nSPS) is 14.2. The second kappa shape index (κ2) is 12.6. The van der Waals surface area contributed by atoms with Gasteiger partial charge in [0, 0.05) is 17.9 Å². The van der Waals surface area contributed by atoms with Crippen LogP contribution in [0.4, 0.5) is 0 Å². The molecule has 1 rings (SSSR count). The first-order chi connectivity index (χ1) is 10.2. The van der Waals surface area contributed by atoms with Crippen LogP contribution < -0.4 is 0 Å². The fraction of sp³-hybridized carbons (Fsp3) is 0.714. The van der Waals surface area contributed by atoms with Crippen LogP contribution in [-0.4, -0.2) is 10.9 Å². The molecule has 0 aliphatic carbocycles. The summed E-state index contributed by atoms with van der Waals surface area (Å²) < 4.78 is 0. The molecule has 0 spiro atoms. The van der Waals surface area contributed by atoms with Gasteiger partial charge >= 0.3 is 0 Å². The van der Waals surface area contributed by atoms with Gasteiger partial charge in [-0.05, 0) is 43.3 Å². The van der Waals surface area contributed by atoms with Crippen LogP contribution in [0, 0.1) is 17.8 Å². The van der Waals surface area contributed by atoms with Gasteiger partial charge in [0.05, 0.1) is 0 Å². The van der Waals surface area contributed by atoms with Gasteiger partial charge in [-0.3, -0.25) is 0 Å². The Kier molecular flexibility index (Phi) is 13.3. The molecule has 0 bridgehead atoms. The van der Waals surface area contributed by atoms with Gasteiger partial charge in [0.15, 0.2) is 0 Å². The number of hydrogen-bond donors (Lipinski definition) is 0. The van der Waals surface area contributed by atoms with Gasteiger partial charge in [-0.15, -0.1) is 0 Å². The van der Waals surface area contributed by atoms with Crippen molar-refractivity contribution in [3.8, 4) is 0 Å². The first-order valence-electron chi connectivity index (χ1n) is 9.05. The Morgan fingerprint density at radius 3 is 1.50 bits per heavy atom. The third kappa shape index (κ3) is 9.12. The molecular weight excluding hydrogens is 266 g/mol. The smallest absolute Gasteiger partial charge is 0.0277 e. The van der Waals surface area contributed by atoms with Gasteiger partial charge in [0.2, 0.25) is 0 Å². The predicted molar refractivity (Wildman–Crippen MR) is 104 cm³/mol. The van der Waals surface area contributed by atoms with Gasteiger partial charge in [0.1, 0.15) is 0 Å². The number of allylic oxidation sites excluding steroid dienone is 5. The van der Waals surface area contributed by atoms with Crippen LogP contribution in [0.5, 0.6) is 0 Å². The van der Waals surface area contributed by atoms with Gasteiger partial charge < -0.3 is 4.90 Å². The summed E-state index contributed by atoms with van der Waals surface area (Å²) in [5, 5.41) is 0. The van der Waals surface area contributed by atoms with Gasteiger partial charge in [0.25, 0.3) is 0 Å². The van der Waals surface area contributed by atoms with Crippen LogP contribution in [-0.2, 0) is 0 Å². The molecule has 0 aromatic rings. The lowest BCUT2D eigenvalue weighted by molar-refractivity contribution is 0.342. The topological polar surface area (TPSA) is 3.24 Å². The number of hydrogen-bond acceptors (Lipinski definition) is 1. The predicted octanol–water partition coefficient (Wildman–Crippen LogP) is 7.03. The van der Waals surface area contributed by atoms with Crippen molar-refractivity contribution in [1.29, 1.82) is 0 Å². The third-order valence-corrected chi connectivity index (χ3v) is 2.93. The SMILES string of the molecule is CC.CC(C)C.CC(C)C1=C(C(C)C)N(C(C)C)C=CC=C1. The van der Waals surface area contributed by atoms with Crippen molar-refractivity contribution in [1.82, 2.24) is 4.90 Å². The summed E-state index contributed by atoms with van der Waals surface area (Å²) in [6.07, 6.45) is 8.75. The first kappa shape index (κ1) is 23.3. The molecule has 0 N–H and O–H groups in total. The van der Waals surface area contributed by atoms with E-state index in [0.29, 0.717) is 17.9 Å². The molecule has 0 amide bonds. The Morgan fingerprint density at radius 2 is 1.18 bits per heavy atom. The van der Waals surface area contributed by atoms with Crippen molar-refractivity contribution in [3.05, 3.63) is 35.7 Å². The average molecular weight is 308 g/mol. The summed E-state index contributed by atoms with van der Waals surface area (Å²) in [7, 11) is 0. The van der Waals surface area contributed by atoms with Crippen LogP contribution in [0.25, 0.3) is 0 Å². The Balaban J connectivity index is 0. The summed E-state index contributed by atoms with van der Waals surface area (Å²) in [6.45, 7) is 24.1. The van der Waals surface area contributed by atoms with E-state index in [1.807, 2.05) is 13.8 Å². The van der Waals surface area contributed by atoms with E-state index in [1.54, 1.807) is 0 Å². The minimum Gasteiger partial charge on any atom is -0.348 e. The summed E-state index contributed by atoms with van der Waals surface area (Å²) >= 11 is 0. The highest BCUT2D eigenvalue weighted by Gasteiger charge is 2.20. The third-order valence-electron chi connectivity index (χ3n) is 2.93. The maximum Gasteiger partial charge on any atom is 0.0277 e. The molecule has 0 fully saturated rings. The Hall–Kier alpha value is -0.980. The maximum absolute atomic E-state index is 2.40. The summed E-state index contributed by atoms with van der Waals surface area (Å²) in [5.74, 6) is 1.97. The molecule has 0 radical (unpaired) electrons. The van der Waals surface area contributed by atoms with E-state index in [1.165, 1.54) is 11.3 Å². The van der Waals surface area contributed by atoms with E-state index < -0.39 is 0 Å². The molecule has 22 heavy (non-hydrogen) atoms. The minimum atomic E-state index is 0.516. The van der Waals surface area contributed by atoms with Crippen LogP contribution in [0.2, 0.25) is 0 Å². The summed E-state index contributed by atoms with van der Waals surface area (Å²) in [5.41, 5.74) is 2.93. The van der Waals surface area contributed by atoms with Crippen molar-refractivity contribution in [2.24, 2.45) is 17.8 Å². The first-order valence-corrected chi connectivity index (χ1v) is 9.05. The van der Waals surface area contributed by atoms with E-state index >= 15 is 0 Å². The number of rotatable bonds is 3. The molecule has 0 atom stereocenters. The second-order valence-electron chi connectivity index (χ2n) is 7.08. The summed E-state index contributed by atoms with van der Waals surface area (Å²) in [4.78, 5) is 2.40. The van der Waals surface area contributed by atoms with Crippen LogP contribution in [0.15, 0.2) is 35.7 Å². The molecular formula is C21H41N. The molecule has 1 heteroatoms. The van der Waals surface area contributed by atoms with E-state index in [9.17, 15) is 0 Å². The lowest BCUT2D eigenvalue weighted by Gasteiger charge is -2.32. The van der Waals surface area contributed by atoms with Crippen LogP contribution in [0.1, 0.15) is 76.2 Å². The molecule has 0 saturated heterocycles. The Labute approximate surface area is 141 Å². The van der Waals surface area contributed by atoms with Crippen molar-refractivity contribution in [3.63, 3.8) is 0 Å². The van der Waals surface area contributed by atoms with Crippen LogP contribution in [0.3, 0.4) is 0 Å². The lowest BCUT2D eigenvalue weighted by atomic mass is 9.94. The van der Waals surface area contributed by atoms with Gasteiger partial charge in [-0.1, -0.05) is 74.5 Å². The Bertz CT molecular complexity index is 351. The van der Waals surface area contributed by atoms with E-state index in [-0.39, 0.29) is 0 Å². The van der Waals surface area contributed by atoms with Crippen molar-refractivity contribution in [2.75, 3.05) is 0 Å². The monoisotopic (exact) mass is 307 g/mol. The average Bonchev–Trinajstić information content (AvgIpc) is 2.62. The van der Waals surface area contributed by atoms with Crippen molar-refractivity contribution < 1.29 is 0 Å². The summed E-state index contributed by atoms with van der Waals surface area (Å²) in [6, 6.07) is 0.516. The highest BCUT2D eigenvalue weighted by molar-refractivity contribution is 5.33. The molecule has 0 saturated carbocycles. The molecule has 1 aliphatic rings. The van der Waals surface area contributed by atoms with Gasteiger partial charge in [-0.25, -0.2) is 0 Å². The van der Waals surface area contributed by atoms with Crippen LogP contribution >= 0.6 is 0 Å². The number of nitrogens with zero attached hydrogens (tertiary/aromatic N) is 1. The fourth-order valence-electron chi connectivity index (χ4n) is 2.19. The zero-order valence-corrected chi connectivity index (χ0v) is 17.1. The lowest BCUT2D eigenvalue weighted by Crippen LogP contribution is -2.28. The molecule has 0 aromatic carbocycles. The highest BCUT2D eigenvalue weighted by Crippen LogP contribution is 2.29. The minimum absolute atomic E-state index is 0.516. The second-order valence-corrected chi connectivity index (χ2v) is 7.08. The van der Waals surface area contributed by atoms with E-state index in [2.05, 4.69) is 91.6 Å². The zero-order chi connectivity index (χ0) is 17.9. The quantitative estimate of drug-likeness (QED) is 0.540. The largest absolute Gasteiger partial charge is 0.348 e. The molecule has 0 aromatic heterocycles.